The Labute approximate surface area is 92.2 Å². The van der Waals surface area contributed by atoms with Crippen LogP contribution in [-0.2, 0) is 14.3 Å². The minimum Gasteiger partial charge on any atom is -0.469 e. The summed E-state index contributed by atoms with van der Waals surface area (Å²) < 4.78 is 9.01. The number of nitrogens with one attached hydrogen (secondary N) is 1. The summed E-state index contributed by atoms with van der Waals surface area (Å²) in [5.41, 5.74) is 0.819. The second-order valence-corrected chi connectivity index (χ2v) is 2.87. The summed E-state index contributed by atoms with van der Waals surface area (Å²) in [5, 5.41) is 6.23. The number of esters is 2. The molecule has 0 radical (unpaired) electrons. The maximum atomic E-state index is 11.2. The number of hydrogen-bond donors (Lipinski definition) is 1. The maximum Gasteiger partial charge on any atom is 0.356 e. The number of hydrogen-bond acceptors (Lipinski definition) is 5. The molecule has 1 heterocycles. The van der Waals surface area contributed by atoms with Crippen LogP contribution in [0.25, 0.3) is 6.08 Å². The van der Waals surface area contributed by atoms with E-state index in [0.717, 1.165) is 0 Å². The Bertz CT molecular complexity index is 409. The Kier molecular flexibility index (Phi) is 4.26. The molecule has 1 rings (SSSR count). The van der Waals surface area contributed by atoms with E-state index in [9.17, 15) is 9.59 Å². The lowest BCUT2D eigenvalue weighted by atomic mass is 10.2. The van der Waals surface area contributed by atoms with Crippen molar-refractivity contribution in [3.63, 3.8) is 0 Å². The van der Waals surface area contributed by atoms with Gasteiger partial charge in [0, 0.05) is 5.56 Å². The summed E-state index contributed by atoms with van der Waals surface area (Å²) >= 11 is 0. The van der Waals surface area contributed by atoms with Crippen LogP contribution in [0.2, 0.25) is 0 Å². The second-order valence-electron chi connectivity index (χ2n) is 2.87. The number of aromatic nitrogens is 2. The third-order valence-electron chi connectivity index (χ3n) is 1.87. The Balaban J connectivity index is 2.70. The standard InChI is InChI=1S/C10H12N2O4/c1-15-8(13)5-3-4-7-6-11-12-9(7)10(14)16-2/h3-4,6H,5H2,1-2H3,(H,11,12). The summed E-state index contributed by atoms with van der Waals surface area (Å²) in [6.07, 6.45) is 4.80. The normalized spacial score (nSPS) is 10.4. The van der Waals surface area contributed by atoms with Gasteiger partial charge in [-0.1, -0.05) is 12.2 Å². The molecule has 0 atom stereocenters. The van der Waals surface area contributed by atoms with E-state index in [1.165, 1.54) is 20.4 Å². The predicted molar refractivity (Wildman–Crippen MR) is 55.6 cm³/mol. The number of ether oxygens (including phenoxy) is 2. The van der Waals surface area contributed by atoms with Gasteiger partial charge in [-0.05, 0) is 0 Å². The number of aromatic amines is 1. The lowest BCUT2D eigenvalue weighted by molar-refractivity contribution is -0.139. The van der Waals surface area contributed by atoms with Crippen molar-refractivity contribution in [3.8, 4) is 0 Å². The van der Waals surface area contributed by atoms with Gasteiger partial charge in [0.05, 0.1) is 26.8 Å². The molecule has 0 saturated heterocycles. The smallest absolute Gasteiger partial charge is 0.356 e. The van der Waals surface area contributed by atoms with Crippen LogP contribution in [0, 0.1) is 0 Å². The SMILES string of the molecule is COC(=O)CC=Cc1cn[nH]c1C(=O)OC. The summed E-state index contributed by atoms with van der Waals surface area (Å²) in [7, 11) is 2.60. The fraction of sp³-hybridized carbons (Fsp3) is 0.300. The van der Waals surface area contributed by atoms with Gasteiger partial charge in [0.2, 0.25) is 0 Å². The van der Waals surface area contributed by atoms with Crippen LogP contribution in [0.5, 0.6) is 0 Å². The van der Waals surface area contributed by atoms with Crippen molar-refractivity contribution in [1.82, 2.24) is 10.2 Å². The summed E-state index contributed by atoms with van der Waals surface area (Å²) in [5.74, 6) is -0.852. The highest BCUT2D eigenvalue weighted by Crippen LogP contribution is 2.08. The molecule has 0 saturated carbocycles. The van der Waals surface area contributed by atoms with E-state index in [2.05, 4.69) is 19.7 Å². The van der Waals surface area contributed by atoms with Gasteiger partial charge in [-0.3, -0.25) is 9.89 Å². The van der Waals surface area contributed by atoms with Crippen LogP contribution in [0.1, 0.15) is 22.5 Å². The number of rotatable bonds is 4. The van der Waals surface area contributed by atoms with Crippen molar-refractivity contribution in [2.75, 3.05) is 14.2 Å². The third-order valence-corrected chi connectivity index (χ3v) is 1.87. The van der Waals surface area contributed by atoms with Crippen molar-refractivity contribution < 1.29 is 19.1 Å². The first-order valence-corrected chi connectivity index (χ1v) is 4.54. The molecule has 6 heteroatoms. The van der Waals surface area contributed by atoms with Gasteiger partial charge in [0.1, 0.15) is 0 Å². The van der Waals surface area contributed by atoms with Crippen LogP contribution >= 0.6 is 0 Å². The van der Waals surface area contributed by atoms with E-state index in [1.807, 2.05) is 0 Å². The Hall–Kier alpha value is -2.11. The van der Waals surface area contributed by atoms with Crippen LogP contribution in [-0.4, -0.2) is 36.4 Å². The van der Waals surface area contributed by atoms with Gasteiger partial charge in [-0.25, -0.2) is 4.79 Å². The molecule has 0 aliphatic rings. The lowest BCUT2D eigenvalue weighted by Crippen LogP contribution is -2.03. The zero-order valence-electron chi connectivity index (χ0n) is 9.02. The van der Waals surface area contributed by atoms with Crippen LogP contribution in [0.3, 0.4) is 0 Å². The van der Waals surface area contributed by atoms with Crippen molar-refractivity contribution in [2.45, 2.75) is 6.42 Å². The van der Waals surface area contributed by atoms with Crippen LogP contribution in [0.4, 0.5) is 0 Å². The van der Waals surface area contributed by atoms with Crippen molar-refractivity contribution in [2.24, 2.45) is 0 Å². The maximum absolute atomic E-state index is 11.2. The van der Waals surface area contributed by atoms with Gasteiger partial charge in [-0.15, -0.1) is 0 Å². The average molecular weight is 224 g/mol. The molecule has 0 spiro atoms. The largest absolute Gasteiger partial charge is 0.469 e. The molecule has 6 nitrogen and oxygen atoms in total. The molecule has 0 aliphatic carbocycles. The Morgan fingerprint density at radius 1 is 1.44 bits per heavy atom. The molecule has 1 aromatic heterocycles. The predicted octanol–water partition coefficient (Wildman–Crippen LogP) is 0.773. The second kappa shape index (κ2) is 5.69. The number of H-pyrrole nitrogens is 1. The monoisotopic (exact) mass is 224 g/mol. The first kappa shape index (κ1) is 12.0. The molecule has 1 aromatic rings. The van der Waals surface area contributed by atoms with Crippen molar-refractivity contribution in [1.29, 1.82) is 0 Å². The first-order chi connectivity index (χ1) is 7.69. The van der Waals surface area contributed by atoms with E-state index in [4.69, 9.17) is 0 Å². The number of methoxy groups -OCH3 is 2. The molecular weight excluding hydrogens is 212 g/mol. The molecule has 0 fully saturated rings. The van der Waals surface area contributed by atoms with E-state index < -0.39 is 5.97 Å². The fourth-order valence-corrected chi connectivity index (χ4v) is 1.05. The molecule has 0 aromatic carbocycles. The number of carbonyl (C=O) groups excluding carboxylic acids is 2. The molecule has 0 amide bonds. The average Bonchev–Trinajstić information content (AvgIpc) is 2.76. The molecule has 0 bridgehead atoms. The summed E-state index contributed by atoms with van der Waals surface area (Å²) in [4.78, 5) is 22.1. The highest BCUT2D eigenvalue weighted by Gasteiger charge is 2.11. The van der Waals surface area contributed by atoms with Gasteiger partial charge in [-0.2, -0.15) is 5.10 Å². The van der Waals surface area contributed by atoms with Crippen molar-refractivity contribution in [3.05, 3.63) is 23.5 Å². The quantitative estimate of drug-likeness (QED) is 0.764. The van der Waals surface area contributed by atoms with Crippen LogP contribution < -0.4 is 0 Å². The summed E-state index contributed by atoms with van der Waals surface area (Å²) in [6.45, 7) is 0. The van der Waals surface area contributed by atoms with Crippen LogP contribution in [0.15, 0.2) is 12.3 Å². The van der Waals surface area contributed by atoms with Gasteiger partial charge < -0.3 is 9.47 Å². The zero-order chi connectivity index (χ0) is 12.0. The van der Waals surface area contributed by atoms with E-state index in [-0.39, 0.29) is 18.1 Å². The number of nitrogens with zero attached hydrogens (tertiary/aromatic N) is 1. The highest BCUT2D eigenvalue weighted by atomic mass is 16.5. The van der Waals surface area contributed by atoms with Gasteiger partial charge >= 0.3 is 11.9 Å². The molecule has 1 N–H and O–H groups in total. The Morgan fingerprint density at radius 2 is 2.19 bits per heavy atom. The zero-order valence-corrected chi connectivity index (χ0v) is 9.02. The molecule has 0 unspecified atom stereocenters. The topological polar surface area (TPSA) is 81.3 Å². The molecule has 16 heavy (non-hydrogen) atoms. The first-order valence-electron chi connectivity index (χ1n) is 4.54. The fourth-order valence-electron chi connectivity index (χ4n) is 1.05. The molecular formula is C10H12N2O4. The van der Waals surface area contributed by atoms with E-state index in [0.29, 0.717) is 5.56 Å². The summed E-state index contributed by atoms with van der Waals surface area (Å²) in [6, 6.07) is 0. The van der Waals surface area contributed by atoms with Gasteiger partial charge in [0.15, 0.2) is 5.69 Å². The third kappa shape index (κ3) is 2.94. The highest BCUT2D eigenvalue weighted by molar-refractivity contribution is 5.91. The van der Waals surface area contributed by atoms with E-state index >= 15 is 0 Å². The minimum atomic E-state index is -0.504. The van der Waals surface area contributed by atoms with Crippen molar-refractivity contribution >= 4 is 18.0 Å². The molecule has 0 aliphatic heterocycles. The number of carbonyl (C=O) groups is 2. The lowest BCUT2D eigenvalue weighted by Gasteiger charge is -1.96. The minimum absolute atomic E-state index is 0.141. The molecule has 86 valence electrons. The van der Waals surface area contributed by atoms with E-state index in [1.54, 1.807) is 12.2 Å². The Morgan fingerprint density at radius 3 is 2.81 bits per heavy atom. The van der Waals surface area contributed by atoms with Gasteiger partial charge in [0.25, 0.3) is 0 Å².